The molecule has 0 saturated carbocycles. The number of carboxylic acid groups (broad SMARTS) is 1. The van der Waals surface area contributed by atoms with Crippen molar-refractivity contribution in [1.29, 1.82) is 0 Å². The fraction of sp³-hybridized carbons (Fsp3) is 0.429. The number of urea groups is 1. The highest BCUT2D eigenvalue weighted by molar-refractivity contribution is 5.94. The molecular formula is C14H20N2O5. The molecule has 0 spiro atoms. The van der Waals surface area contributed by atoms with Gasteiger partial charge in [-0.3, -0.25) is 0 Å². The summed E-state index contributed by atoms with van der Waals surface area (Å²) >= 11 is 0. The predicted octanol–water partition coefficient (Wildman–Crippen LogP) is 1.89. The van der Waals surface area contributed by atoms with Crippen LogP contribution in [-0.4, -0.2) is 55.9 Å². The van der Waals surface area contributed by atoms with Crippen LogP contribution in [0.15, 0.2) is 18.2 Å². The minimum Gasteiger partial charge on any atom is -0.496 e. The SMILES string of the molecule is COCC(C)N(C)C(=O)Nc1ccc(C(=O)O)c(OC)c1. The van der Waals surface area contributed by atoms with E-state index in [0.29, 0.717) is 12.3 Å². The molecule has 0 saturated heterocycles. The average Bonchev–Trinajstić information content (AvgIpc) is 2.46. The van der Waals surface area contributed by atoms with Gasteiger partial charge in [-0.05, 0) is 19.1 Å². The van der Waals surface area contributed by atoms with Crippen LogP contribution in [0.1, 0.15) is 17.3 Å². The first kappa shape index (κ1) is 16.8. The monoisotopic (exact) mass is 296 g/mol. The van der Waals surface area contributed by atoms with Crippen LogP contribution in [0.3, 0.4) is 0 Å². The first-order valence-corrected chi connectivity index (χ1v) is 6.34. The van der Waals surface area contributed by atoms with Gasteiger partial charge in [0, 0.05) is 25.9 Å². The van der Waals surface area contributed by atoms with Crippen LogP contribution in [0.5, 0.6) is 5.75 Å². The topological polar surface area (TPSA) is 88.1 Å². The summed E-state index contributed by atoms with van der Waals surface area (Å²) in [6.07, 6.45) is 0. The Morgan fingerprint density at radius 3 is 2.57 bits per heavy atom. The Morgan fingerprint density at radius 1 is 1.38 bits per heavy atom. The van der Waals surface area contributed by atoms with Gasteiger partial charge in [0.25, 0.3) is 0 Å². The lowest BCUT2D eigenvalue weighted by atomic mass is 10.2. The molecule has 0 aromatic heterocycles. The van der Waals surface area contributed by atoms with Gasteiger partial charge in [-0.2, -0.15) is 0 Å². The fourth-order valence-electron chi connectivity index (χ4n) is 1.71. The number of carbonyl (C=O) groups is 2. The van der Waals surface area contributed by atoms with Crippen molar-refractivity contribution < 1.29 is 24.2 Å². The van der Waals surface area contributed by atoms with Crippen LogP contribution in [0, 0.1) is 0 Å². The second-order valence-corrected chi connectivity index (χ2v) is 4.57. The standard InChI is InChI=1S/C14H20N2O5/c1-9(8-20-3)16(2)14(19)15-10-5-6-11(13(17)18)12(7-10)21-4/h5-7,9H,8H2,1-4H3,(H,15,19)(H,17,18). The van der Waals surface area contributed by atoms with E-state index in [-0.39, 0.29) is 23.4 Å². The van der Waals surface area contributed by atoms with E-state index in [1.165, 1.54) is 30.2 Å². The molecule has 0 heterocycles. The third-order valence-corrected chi connectivity index (χ3v) is 3.07. The molecule has 7 nitrogen and oxygen atoms in total. The summed E-state index contributed by atoms with van der Waals surface area (Å²) in [6.45, 7) is 2.28. The Kier molecular flexibility index (Phi) is 5.98. The largest absolute Gasteiger partial charge is 0.496 e. The highest BCUT2D eigenvalue weighted by atomic mass is 16.5. The van der Waals surface area contributed by atoms with Gasteiger partial charge in [-0.25, -0.2) is 9.59 Å². The number of aromatic carboxylic acids is 1. The van der Waals surface area contributed by atoms with E-state index < -0.39 is 5.97 Å². The number of methoxy groups -OCH3 is 2. The number of carbonyl (C=O) groups excluding carboxylic acids is 1. The summed E-state index contributed by atoms with van der Waals surface area (Å²) in [5.74, 6) is -0.900. The van der Waals surface area contributed by atoms with Gasteiger partial charge in [0.1, 0.15) is 11.3 Å². The van der Waals surface area contributed by atoms with Gasteiger partial charge >= 0.3 is 12.0 Å². The zero-order valence-corrected chi connectivity index (χ0v) is 12.5. The first-order chi connectivity index (χ1) is 9.90. The minimum atomic E-state index is -1.09. The van der Waals surface area contributed by atoms with Crippen LogP contribution in [0.2, 0.25) is 0 Å². The maximum absolute atomic E-state index is 12.0. The third kappa shape index (κ3) is 4.35. The molecule has 0 bridgehead atoms. The number of carboxylic acids is 1. The zero-order chi connectivity index (χ0) is 16.0. The molecule has 1 aromatic rings. The molecule has 1 rings (SSSR count). The van der Waals surface area contributed by atoms with Crippen LogP contribution >= 0.6 is 0 Å². The first-order valence-electron chi connectivity index (χ1n) is 6.34. The summed E-state index contributed by atoms with van der Waals surface area (Å²) in [6, 6.07) is 3.96. The van der Waals surface area contributed by atoms with Crippen molar-refractivity contribution in [2.45, 2.75) is 13.0 Å². The minimum absolute atomic E-state index is 0.0385. The second-order valence-electron chi connectivity index (χ2n) is 4.57. The second kappa shape index (κ2) is 7.49. The summed E-state index contributed by atoms with van der Waals surface area (Å²) in [5, 5.41) is 11.7. The maximum atomic E-state index is 12.0. The number of likely N-dealkylation sites (N-methyl/N-ethyl adjacent to an activating group) is 1. The number of nitrogens with one attached hydrogen (secondary N) is 1. The van der Waals surface area contributed by atoms with Crippen LogP contribution < -0.4 is 10.1 Å². The van der Waals surface area contributed by atoms with E-state index in [0.717, 1.165) is 0 Å². The molecule has 0 fully saturated rings. The van der Waals surface area contributed by atoms with E-state index in [1.54, 1.807) is 14.2 Å². The molecule has 2 amide bonds. The molecule has 1 unspecified atom stereocenters. The number of ether oxygens (including phenoxy) is 2. The van der Waals surface area contributed by atoms with Crippen LogP contribution in [0.4, 0.5) is 10.5 Å². The molecule has 116 valence electrons. The molecule has 1 aromatic carbocycles. The zero-order valence-electron chi connectivity index (χ0n) is 12.5. The van der Waals surface area contributed by atoms with Crippen LogP contribution in [-0.2, 0) is 4.74 Å². The van der Waals surface area contributed by atoms with Gasteiger partial charge in [0.2, 0.25) is 0 Å². The molecule has 2 N–H and O–H groups in total. The number of amides is 2. The Bertz CT molecular complexity index is 518. The van der Waals surface area contributed by atoms with Crippen molar-refractivity contribution in [1.82, 2.24) is 4.90 Å². The lowest BCUT2D eigenvalue weighted by Gasteiger charge is -2.24. The maximum Gasteiger partial charge on any atom is 0.339 e. The summed E-state index contributed by atoms with van der Waals surface area (Å²) < 4.78 is 10.0. The summed E-state index contributed by atoms with van der Waals surface area (Å²) in [4.78, 5) is 24.5. The molecule has 0 radical (unpaired) electrons. The smallest absolute Gasteiger partial charge is 0.339 e. The van der Waals surface area contributed by atoms with Gasteiger partial charge < -0.3 is 24.8 Å². The molecule has 21 heavy (non-hydrogen) atoms. The van der Waals surface area contributed by atoms with E-state index in [1.807, 2.05) is 6.92 Å². The van der Waals surface area contributed by atoms with Gasteiger partial charge in [0.15, 0.2) is 0 Å². The van der Waals surface area contributed by atoms with Crippen molar-refractivity contribution in [3.63, 3.8) is 0 Å². The molecule has 0 aliphatic carbocycles. The molecule has 0 aliphatic rings. The number of benzene rings is 1. The van der Waals surface area contributed by atoms with E-state index in [4.69, 9.17) is 14.6 Å². The quantitative estimate of drug-likeness (QED) is 0.837. The molecule has 1 atom stereocenters. The Hall–Kier alpha value is -2.28. The highest BCUT2D eigenvalue weighted by Gasteiger charge is 2.17. The number of hydrogen-bond acceptors (Lipinski definition) is 4. The molecular weight excluding hydrogens is 276 g/mol. The number of anilines is 1. The van der Waals surface area contributed by atoms with Gasteiger partial charge in [-0.1, -0.05) is 0 Å². The van der Waals surface area contributed by atoms with Crippen molar-refractivity contribution in [3.8, 4) is 5.75 Å². The molecule has 0 aliphatic heterocycles. The Labute approximate surface area is 123 Å². The Morgan fingerprint density at radius 2 is 2.05 bits per heavy atom. The molecule has 7 heteroatoms. The lowest BCUT2D eigenvalue weighted by molar-refractivity contribution is 0.0693. The number of rotatable bonds is 6. The van der Waals surface area contributed by atoms with Crippen molar-refractivity contribution in [3.05, 3.63) is 23.8 Å². The normalized spacial score (nSPS) is 11.6. The lowest BCUT2D eigenvalue weighted by Crippen LogP contribution is -2.40. The number of nitrogens with zero attached hydrogens (tertiary/aromatic N) is 1. The van der Waals surface area contributed by atoms with Gasteiger partial charge in [-0.15, -0.1) is 0 Å². The summed E-state index contributed by atoms with van der Waals surface area (Å²) in [7, 11) is 4.60. The van der Waals surface area contributed by atoms with E-state index in [2.05, 4.69) is 5.32 Å². The predicted molar refractivity (Wildman–Crippen MR) is 78.1 cm³/mol. The van der Waals surface area contributed by atoms with Crippen molar-refractivity contribution in [2.75, 3.05) is 33.2 Å². The summed E-state index contributed by atoms with van der Waals surface area (Å²) in [5.41, 5.74) is 0.495. The average molecular weight is 296 g/mol. The number of hydrogen-bond donors (Lipinski definition) is 2. The van der Waals surface area contributed by atoms with E-state index >= 15 is 0 Å². The van der Waals surface area contributed by atoms with E-state index in [9.17, 15) is 9.59 Å². The van der Waals surface area contributed by atoms with Crippen molar-refractivity contribution >= 4 is 17.7 Å². The van der Waals surface area contributed by atoms with Gasteiger partial charge in [0.05, 0.1) is 19.8 Å². The fourth-order valence-corrected chi connectivity index (χ4v) is 1.71. The highest BCUT2D eigenvalue weighted by Crippen LogP contribution is 2.23. The Balaban J connectivity index is 2.83. The third-order valence-electron chi connectivity index (χ3n) is 3.07. The van der Waals surface area contributed by atoms with Crippen molar-refractivity contribution in [2.24, 2.45) is 0 Å². The van der Waals surface area contributed by atoms with Crippen LogP contribution in [0.25, 0.3) is 0 Å².